The monoisotopic (exact) mass is 571 g/mol. The number of hydrogen-bond acceptors (Lipinski definition) is 6. The van der Waals surface area contributed by atoms with E-state index < -0.39 is 0 Å². The van der Waals surface area contributed by atoms with Crippen molar-refractivity contribution in [2.75, 3.05) is 26.8 Å². The second-order valence-corrected chi connectivity index (χ2v) is 8.76. The number of ether oxygens (including phenoxy) is 1. The number of nitrogens with zero attached hydrogens (tertiary/aromatic N) is 1. The molecule has 36 heavy (non-hydrogen) atoms. The number of rotatable bonds is 18. The normalized spacial score (nSPS) is 11.7. The van der Waals surface area contributed by atoms with E-state index in [0.29, 0.717) is 32.4 Å². The van der Waals surface area contributed by atoms with E-state index in [4.69, 9.17) is 4.74 Å². The first-order valence-corrected chi connectivity index (χ1v) is 12.2. The number of amides is 2. The summed E-state index contributed by atoms with van der Waals surface area (Å²) in [7, 11) is 1.77. The van der Waals surface area contributed by atoms with E-state index in [9.17, 15) is 19.2 Å². The van der Waals surface area contributed by atoms with Gasteiger partial charge in [-0.15, -0.1) is 6.54 Å². The van der Waals surface area contributed by atoms with Crippen LogP contribution in [-0.2, 0) is 36.9 Å². The molecule has 0 aliphatic heterocycles. The summed E-state index contributed by atoms with van der Waals surface area (Å²) in [5.41, 5.74) is 2.60. The van der Waals surface area contributed by atoms with Gasteiger partial charge in [-0.3, -0.25) is 14.4 Å². The summed E-state index contributed by atoms with van der Waals surface area (Å²) in [6.45, 7) is 6.42. The molecule has 0 saturated heterocycles. The first-order chi connectivity index (χ1) is 16.7. The molecule has 2 amide bonds. The minimum absolute atomic E-state index is 0. The van der Waals surface area contributed by atoms with Crippen molar-refractivity contribution in [2.45, 2.75) is 65.8 Å². The molecule has 1 unspecified atom stereocenters. The summed E-state index contributed by atoms with van der Waals surface area (Å²) >= 11 is 0. The van der Waals surface area contributed by atoms with Crippen molar-refractivity contribution >= 4 is 23.4 Å². The van der Waals surface area contributed by atoms with E-state index in [1.54, 1.807) is 20.0 Å². The molecule has 0 aromatic heterocycles. The number of ketones is 2. The smallest absolute Gasteiger partial charge is 0.648 e. The SMILES string of the molecule is CN/C(C)=C\C(=O)Cc1ccc(C[N-]C(=O)COCCCC(=O)NCCCCC(C)C(C)=O)cc1.[Rb+]. The van der Waals surface area contributed by atoms with Crippen LogP contribution in [0.5, 0.6) is 0 Å². The molecule has 9 heteroatoms. The number of benzene rings is 1. The van der Waals surface area contributed by atoms with Crippen molar-refractivity contribution in [1.29, 1.82) is 0 Å². The predicted octanol–water partition coefficient (Wildman–Crippen LogP) is 0.634. The van der Waals surface area contributed by atoms with E-state index in [2.05, 4.69) is 16.0 Å². The molecule has 0 spiro atoms. The van der Waals surface area contributed by atoms with Crippen molar-refractivity contribution < 1.29 is 82.1 Å². The third-order valence-electron chi connectivity index (χ3n) is 5.61. The molecule has 1 rings (SSSR count). The van der Waals surface area contributed by atoms with Gasteiger partial charge in [0.25, 0.3) is 0 Å². The number of nitrogens with one attached hydrogen (secondary N) is 2. The third kappa shape index (κ3) is 17.3. The predicted molar refractivity (Wildman–Crippen MR) is 137 cm³/mol. The van der Waals surface area contributed by atoms with Gasteiger partial charge in [-0.2, -0.15) is 0 Å². The maximum Gasteiger partial charge on any atom is 1.00 e. The van der Waals surface area contributed by atoms with Crippen molar-refractivity contribution in [3.05, 3.63) is 52.5 Å². The van der Waals surface area contributed by atoms with E-state index in [1.807, 2.05) is 38.1 Å². The van der Waals surface area contributed by atoms with Crippen LogP contribution in [0.15, 0.2) is 36.0 Å². The standard InChI is InChI=1S/C27H41N3O5.Rb/c1-20(22(3)31)8-5-6-14-29-26(33)9-7-15-35-19-27(34)30-18-24-12-10-23(11-13-24)17-25(32)16-21(2)28-4;/h10-13,16,20H,5-9,14-15,17-19H2,1-4H3,(H3,28,29,30,32,33,34);/q;+1/p-1. The van der Waals surface area contributed by atoms with Crippen LogP contribution >= 0.6 is 0 Å². The average Bonchev–Trinajstić information content (AvgIpc) is 2.82. The Kier molecular flexibility index (Phi) is 20.1. The summed E-state index contributed by atoms with van der Waals surface area (Å²) in [6.07, 6.45) is 5.38. The molecular formula is C27H40N3O5Rb. The van der Waals surface area contributed by atoms with Gasteiger partial charge in [0.2, 0.25) is 5.91 Å². The van der Waals surface area contributed by atoms with E-state index >= 15 is 0 Å². The number of carbonyl (C=O) groups is 4. The van der Waals surface area contributed by atoms with Crippen LogP contribution in [0.25, 0.3) is 5.32 Å². The van der Waals surface area contributed by atoms with E-state index in [1.165, 1.54) is 0 Å². The maximum atomic E-state index is 12.0. The van der Waals surface area contributed by atoms with Gasteiger partial charge in [0.05, 0.1) is 12.5 Å². The Morgan fingerprint density at radius 2 is 1.69 bits per heavy atom. The van der Waals surface area contributed by atoms with Crippen LogP contribution in [-0.4, -0.2) is 50.2 Å². The van der Waals surface area contributed by atoms with Crippen LogP contribution in [0.3, 0.4) is 0 Å². The summed E-state index contributed by atoms with van der Waals surface area (Å²) in [5.74, 6) is -0.0819. The molecule has 194 valence electrons. The number of carbonyl (C=O) groups excluding carboxylic acids is 4. The Bertz CT molecular complexity index is 855. The third-order valence-corrected chi connectivity index (χ3v) is 5.61. The Morgan fingerprint density at radius 3 is 2.33 bits per heavy atom. The zero-order valence-electron chi connectivity index (χ0n) is 22.5. The molecule has 0 saturated carbocycles. The molecule has 0 fully saturated rings. The minimum Gasteiger partial charge on any atom is -0.648 e. The zero-order chi connectivity index (χ0) is 26.1. The van der Waals surface area contributed by atoms with Gasteiger partial charge in [0.1, 0.15) is 5.78 Å². The number of hydrogen-bond donors (Lipinski definition) is 2. The average molecular weight is 572 g/mol. The number of unbranched alkanes of at least 4 members (excludes halogenated alkanes) is 1. The van der Waals surface area contributed by atoms with Gasteiger partial charge in [0.15, 0.2) is 5.78 Å². The molecular weight excluding hydrogens is 532 g/mol. The maximum absolute atomic E-state index is 12.0. The van der Waals surface area contributed by atoms with Crippen LogP contribution in [0.1, 0.15) is 64.0 Å². The van der Waals surface area contributed by atoms with Gasteiger partial charge in [-0.25, -0.2) is 0 Å². The van der Waals surface area contributed by atoms with E-state index in [0.717, 1.165) is 36.1 Å². The quantitative estimate of drug-likeness (QED) is 0.197. The van der Waals surface area contributed by atoms with Gasteiger partial charge in [-0.1, -0.05) is 43.2 Å². The second-order valence-electron chi connectivity index (χ2n) is 8.76. The number of Topliss-reactive ketones (excluding diaryl/α,β-unsaturated/α-hetero) is 1. The van der Waals surface area contributed by atoms with Crippen LogP contribution in [0, 0.1) is 5.92 Å². The first kappa shape index (κ1) is 34.8. The molecule has 8 nitrogen and oxygen atoms in total. The van der Waals surface area contributed by atoms with E-state index in [-0.39, 0.29) is 101 Å². The minimum atomic E-state index is -0.346. The van der Waals surface area contributed by atoms with Gasteiger partial charge in [-0.05, 0) is 38.7 Å². The molecule has 0 bridgehead atoms. The fourth-order valence-electron chi connectivity index (χ4n) is 3.14. The molecule has 1 aromatic rings. The van der Waals surface area contributed by atoms with Crippen molar-refractivity contribution in [2.24, 2.45) is 5.92 Å². The van der Waals surface area contributed by atoms with Gasteiger partial charge < -0.3 is 25.5 Å². The summed E-state index contributed by atoms with van der Waals surface area (Å²) in [5, 5.41) is 9.78. The summed E-state index contributed by atoms with van der Waals surface area (Å²) in [6, 6.07) is 7.45. The topological polar surface area (TPSA) is 116 Å². The molecule has 0 radical (unpaired) electrons. The Hall–Kier alpha value is -1.19. The Balaban J connectivity index is 0.0000122. The molecule has 0 aliphatic carbocycles. The van der Waals surface area contributed by atoms with Gasteiger partial charge >= 0.3 is 58.2 Å². The Labute approximate surface area is 264 Å². The zero-order valence-corrected chi connectivity index (χ0v) is 27.4. The van der Waals surface area contributed by atoms with Crippen LogP contribution in [0.2, 0.25) is 0 Å². The Morgan fingerprint density at radius 1 is 1.03 bits per heavy atom. The van der Waals surface area contributed by atoms with Crippen LogP contribution in [0.4, 0.5) is 0 Å². The summed E-state index contributed by atoms with van der Waals surface area (Å²) < 4.78 is 5.33. The fraction of sp³-hybridized carbons (Fsp3) is 0.556. The molecule has 2 N–H and O–H groups in total. The van der Waals surface area contributed by atoms with Crippen LogP contribution < -0.4 is 68.8 Å². The molecule has 1 atom stereocenters. The second kappa shape index (κ2) is 20.8. The van der Waals surface area contributed by atoms with Gasteiger partial charge in [0, 0.05) is 50.7 Å². The summed E-state index contributed by atoms with van der Waals surface area (Å²) in [4.78, 5) is 46.9. The number of allylic oxidation sites excluding steroid dienone is 2. The molecule has 0 aliphatic rings. The van der Waals surface area contributed by atoms with Crippen molar-refractivity contribution in [1.82, 2.24) is 10.6 Å². The molecule has 0 heterocycles. The fourth-order valence-corrected chi connectivity index (χ4v) is 3.14. The largest absolute Gasteiger partial charge is 1.00 e. The molecule has 1 aromatic carbocycles. The van der Waals surface area contributed by atoms with Crippen molar-refractivity contribution in [3.63, 3.8) is 0 Å². The van der Waals surface area contributed by atoms with Crippen molar-refractivity contribution in [3.8, 4) is 0 Å². The first-order valence-electron chi connectivity index (χ1n) is 12.2.